The van der Waals surface area contributed by atoms with Gasteiger partial charge in [0.15, 0.2) is 0 Å². The third-order valence-electron chi connectivity index (χ3n) is 3.42. The number of morpholine rings is 1. The molecule has 1 aromatic carbocycles. The Morgan fingerprint density at radius 3 is 2.52 bits per heavy atom. The SMILES string of the molecule is C[C@H]1CN(CC(=O)Nc2ccc(Cl)cc2C(F)(F)F)C[C@H](C)O1. The summed E-state index contributed by atoms with van der Waals surface area (Å²) in [5, 5.41) is 2.29. The first kappa shape index (κ1) is 18.0. The van der Waals surface area contributed by atoms with E-state index in [4.69, 9.17) is 16.3 Å². The zero-order valence-corrected chi connectivity index (χ0v) is 13.5. The van der Waals surface area contributed by atoms with Crippen LogP contribution in [0.4, 0.5) is 18.9 Å². The third-order valence-corrected chi connectivity index (χ3v) is 3.66. The van der Waals surface area contributed by atoms with Crippen LogP contribution in [-0.2, 0) is 15.7 Å². The zero-order valence-electron chi connectivity index (χ0n) is 12.8. The monoisotopic (exact) mass is 350 g/mol. The minimum atomic E-state index is -4.59. The van der Waals surface area contributed by atoms with Crippen LogP contribution in [0.3, 0.4) is 0 Å². The summed E-state index contributed by atoms with van der Waals surface area (Å²) in [6, 6.07) is 3.27. The molecule has 1 aliphatic heterocycles. The first-order valence-electron chi connectivity index (χ1n) is 7.19. The zero-order chi connectivity index (χ0) is 17.2. The number of carbonyl (C=O) groups is 1. The molecular weight excluding hydrogens is 333 g/mol. The van der Waals surface area contributed by atoms with Gasteiger partial charge in [-0.3, -0.25) is 9.69 Å². The smallest absolute Gasteiger partial charge is 0.373 e. The van der Waals surface area contributed by atoms with Crippen molar-refractivity contribution in [1.82, 2.24) is 4.90 Å². The van der Waals surface area contributed by atoms with Gasteiger partial charge in [0.1, 0.15) is 0 Å². The summed E-state index contributed by atoms with van der Waals surface area (Å²) in [5.74, 6) is -0.501. The number of hydrogen-bond donors (Lipinski definition) is 1. The fourth-order valence-corrected chi connectivity index (χ4v) is 2.84. The van der Waals surface area contributed by atoms with Gasteiger partial charge in [0.2, 0.25) is 5.91 Å². The van der Waals surface area contributed by atoms with E-state index in [0.29, 0.717) is 13.1 Å². The fourth-order valence-electron chi connectivity index (χ4n) is 2.67. The van der Waals surface area contributed by atoms with Gasteiger partial charge in [0.25, 0.3) is 0 Å². The predicted octanol–water partition coefficient (Wildman–Crippen LogP) is 3.41. The molecule has 1 amide bonds. The van der Waals surface area contributed by atoms with Crippen LogP contribution in [0.5, 0.6) is 0 Å². The van der Waals surface area contributed by atoms with Gasteiger partial charge in [-0.05, 0) is 32.0 Å². The molecule has 1 saturated heterocycles. The van der Waals surface area contributed by atoms with E-state index in [1.807, 2.05) is 18.7 Å². The highest BCUT2D eigenvalue weighted by molar-refractivity contribution is 6.30. The molecule has 1 aromatic rings. The highest BCUT2D eigenvalue weighted by Gasteiger charge is 2.34. The second-order valence-corrected chi connectivity index (χ2v) is 6.12. The highest BCUT2D eigenvalue weighted by Crippen LogP contribution is 2.36. The van der Waals surface area contributed by atoms with Crippen LogP contribution in [0.1, 0.15) is 19.4 Å². The third kappa shape index (κ3) is 5.09. The molecule has 2 atom stereocenters. The number of nitrogens with zero attached hydrogens (tertiary/aromatic N) is 1. The number of hydrogen-bond acceptors (Lipinski definition) is 3. The van der Waals surface area contributed by atoms with Crippen molar-refractivity contribution >= 4 is 23.2 Å². The van der Waals surface area contributed by atoms with Crippen LogP contribution < -0.4 is 5.32 Å². The average Bonchev–Trinajstić information content (AvgIpc) is 2.38. The van der Waals surface area contributed by atoms with Crippen molar-refractivity contribution in [3.8, 4) is 0 Å². The van der Waals surface area contributed by atoms with Crippen LogP contribution in [-0.4, -0.2) is 42.6 Å². The lowest BCUT2D eigenvalue weighted by Gasteiger charge is -2.34. The van der Waals surface area contributed by atoms with Crippen molar-refractivity contribution in [2.45, 2.75) is 32.2 Å². The van der Waals surface area contributed by atoms with Gasteiger partial charge >= 0.3 is 6.18 Å². The van der Waals surface area contributed by atoms with E-state index in [1.54, 1.807) is 0 Å². The molecule has 0 saturated carbocycles. The summed E-state index contributed by atoms with van der Waals surface area (Å²) in [6.45, 7) is 4.91. The van der Waals surface area contributed by atoms with Crippen molar-refractivity contribution in [3.05, 3.63) is 28.8 Å². The molecule has 0 unspecified atom stereocenters. The maximum atomic E-state index is 13.0. The number of benzene rings is 1. The Morgan fingerprint density at radius 1 is 1.35 bits per heavy atom. The normalized spacial score (nSPS) is 22.9. The maximum Gasteiger partial charge on any atom is 0.418 e. The summed E-state index contributed by atoms with van der Waals surface area (Å²) >= 11 is 5.61. The molecule has 4 nitrogen and oxygen atoms in total. The summed E-state index contributed by atoms with van der Waals surface area (Å²) in [5.41, 5.74) is -1.25. The Morgan fingerprint density at radius 2 is 1.96 bits per heavy atom. The molecule has 0 bridgehead atoms. The first-order valence-corrected chi connectivity index (χ1v) is 7.57. The van der Waals surface area contributed by atoms with Crippen molar-refractivity contribution in [3.63, 3.8) is 0 Å². The molecule has 1 fully saturated rings. The van der Waals surface area contributed by atoms with Gasteiger partial charge in [-0.25, -0.2) is 0 Å². The molecule has 1 heterocycles. The van der Waals surface area contributed by atoms with E-state index in [0.717, 1.165) is 12.1 Å². The number of rotatable bonds is 3. The van der Waals surface area contributed by atoms with Gasteiger partial charge in [0.05, 0.1) is 30.0 Å². The molecule has 23 heavy (non-hydrogen) atoms. The standard InChI is InChI=1S/C15H18ClF3N2O2/c1-9-6-21(7-10(2)23-9)8-14(22)20-13-4-3-11(16)5-12(13)15(17,18)19/h3-5,9-10H,6-8H2,1-2H3,(H,20,22)/t9-,10-/m0/s1. The predicted molar refractivity (Wildman–Crippen MR) is 81.5 cm³/mol. The van der Waals surface area contributed by atoms with E-state index >= 15 is 0 Å². The minimum Gasteiger partial charge on any atom is -0.373 e. The summed E-state index contributed by atoms with van der Waals surface area (Å²) in [7, 11) is 0. The molecule has 8 heteroatoms. The largest absolute Gasteiger partial charge is 0.418 e. The van der Waals surface area contributed by atoms with Crippen molar-refractivity contribution in [2.24, 2.45) is 0 Å². The van der Waals surface area contributed by atoms with Gasteiger partial charge < -0.3 is 10.1 Å². The fraction of sp³-hybridized carbons (Fsp3) is 0.533. The minimum absolute atomic E-state index is 0.0119. The molecule has 2 rings (SSSR count). The molecule has 0 aromatic heterocycles. The lowest BCUT2D eigenvalue weighted by molar-refractivity contribution is -0.137. The molecule has 128 valence electrons. The number of halogens is 4. The summed E-state index contributed by atoms with van der Waals surface area (Å²) in [6.07, 6.45) is -4.63. The van der Waals surface area contributed by atoms with E-state index in [2.05, 4.69) is 5.32 Å². The van der Waals surface area contributed by atoms with Crippen LogP contribution in [0.15, 0.2) is 18.2 Å². The van der Waals surface area contributed by atoms with Gasteiger partial charge in [-0.1, -0.05) is 11.6 Å². The highest BCUT2D eigenvalue weighted by atomic mass is 35.5. The number of anilines is 1. The van der Waals surface area contributed by atoms with Gasteiger partial charge in [0, 0.05) is 18.1 Å². The second-order valence-electron chi connectivity index (χ2n) is 5.69. The molecule has 1 N–H and O–H groups in total. The number of amides is 1. The summed E-state index contributed by atoms with van der Waals surface area (Å²) in [4.78, 5) is 13.9. The topological polar surface area (TPSA) is 41.6 Å². The molecule has 0 aliphatic carbocycles. The van der Waals surface area contributed by atoms with E-state index in [9.17, 15) is 18.0 Å². The average molecular weight is 351 g/mol. The Hall–Kier alpha value is -1.31. The summed E-state index contributed by atoms with van der Waals surface area (Å²) < 4.78 is 44.6. The van der Waals surface area contributed by atoms with E-state index < -0.39 is 17.6 Å². The van der Waals surface area contributed by atoms with Gasteiger partial charge in [-0.15, -0.1) is 0 Å². The van der Waals surface area contributed by atoms with Crippen LogP contribution in [0.25, 0.3) is 0 Å². The van der Waals surface area contributed by atoms with Crippen LogP contribution in [0.2, 0.25) is 5.02 Å². The van der Waals surface area contributed by atoms with E-state index in [-0.39, 0.29) is 29.5 Å². The number of carbonyl (C=O) groups excluding carboxylic acids is 1. The Bertz CT molecular complexity index is 570. The molecular formula is C15H18ClF3N2O2. The Balaban J connectivity index is 2.06. The maximum absolute atomic E-state index is 13.0. The molecule has 0 radical (unpaired) electrons. The number of ether oxygens (including phenoxy) is 1. The van der Waals surface area contributed by atoms with Crippen LogP contribution in [0, 0.1) is 0 Å². The van der Waals surface area contributed by atoms with Crippen molar-refractivity contribution < 1.29 is 22.7 Å². The number of alkyl halides is 3. The molecule has 0 spiro atoms. The second kappa shape index (κ2) is 7.07. The Kier molecular flexibility index (Phi) is 5.54. The van der Waals surface area contributed by atoms with Crippen molar-refractivity contribution in [2.75, 3.05) is 25.0 Å². The quantitative estimate of drug-likeness (QED) is 0.908. The lowest BCUT2D eigenvalue weighted by atomic mass is 10.1. The van der Waals surface area contributed by atoms with E-state index in [1.165, 1.54) is 6.07 Å². The van der Waals surface area contributed by atoms with Gasteiger partial charge in [-0.2, -0.15) is 13.2 Å². The first-order chi connectivity index (χ1) is 10.6. The molecule has 1 aliphatic rings. The number of nitrogens with one attached hydrogen (secondary N) is 1. The van der Waals surface area contributed by atoms with Crippen molar-refractivity contribution in [1.29, 1.82) is 0 Å². The Labute approximate surface area is 137 Å². The lowest BCUT2D eigenvalue weighted by Crippen LogP contribution is -2.48. The van der Waals surface area contributed by atoms with Crippen LogP contribution >= 0.6 is 11.6 Å².